The van der Waals surface area contributed by atoms with Crippen LogP contribution in [-0.4, -0.2) is 11.4 Å². The molecule has 0 spiro atoms. The van der Waals surface area contributed by atoms with Crippen LogP contribution in [0.1, 0.15) is 96.6 Å². The minimum atomic E-state index is 0. The van der Waals surface area contributed by atoms with Gasteiger partial charge in [0.2, 0.25) is 0 Å². The first-order valence-corrected chi connectivity index (χ1v) is 12.4. The summed E-state index contributed by atoms with van der Waals surface area (Å²) in [6.45, 7) is 8.21. The molecule has 3 heteroatoms. The second-order valence-corrected chi connectivity index (χ2v) is 8.24. The Bertz CT molecular complexity index is 1060. The van der Waals surface area contributed by atoms with E-state index >= 15 is 0 Å². The second-order valence-electron chi connectivity index (χ2n) is 8.24. The predicted octanol–water partition coefficient (Wildman–Crippen LogP) is 8.82. The Labute approximate surface area is 217 Å². The van der Waals surface area contributed by atoms with Crippen molar-refractivity contribution in [2.24, 2.45) is 9.98 Å². The molecule has 2 nitrogen and oxygen atoms in total. The molecule has 2 aromatic rings. The summed E-state index contributed by atoms with van der Waals surface area (Å²) in [6, 6.07) is 16.4. The third-order valence-corrected chi connectivity index (χ3v) is 5.38. The second kappa shape index (κ2) is 17.8. The van der Waals surface area contributed by atoms with Gasteiger partial charge in [0.05, 0.1) is 22.8 Å². The van der Waals surface area contributed by atoms with E-state index in [0.29, 0.717) is 0 Å². The van der Waals surface area contributed by atoms with Gasteiger partial charge in [0.25, 0.3) is 0 Å². The van der Waals surface area contributed by atoms with Crippen molar-refractivity contribution in [2.45, 2.75) is 85.5 Å². The van der Waals surface area contributed by atoms with Crippen LogP contribution in [0.4, 0.5) is 11.4 Å². The monoisotopic (exact) mass is 496 g/mol. The number of aliphatic imine (C=N–C) groups is 2. The molecule has 0 aliphatic rings. The molecule has 0 atom stereocenters. The fraction of sp³-hybridized carbons (Fsp3) is 0.419. The topological polar surface area (TPSA) is 24.7 Å². The Morgan fingerprint density at radius 2 is 1.12 bits per heavy atom. The molecule has 0 saturated heterocycles. The molecule has 182 valence electrons. The third kappa shape index (κ3) is 11.0. The fourth-order valence-corrected chi connectivity index (χ4v) is 3.68. The van der Waals surface area contributed by atoms with Crippen molar-refractivity contribution in [1.82, 2.24) is 0 Å². The average Bonchev–Trinajstić information content (AvgIpc) is 2.82. The van der Waals surface area contributed by atoms with E-state index in [0.717, 1.165) is 66.0 Å². The maximum atomic E-state index is 5.12. The summed E-state index contributed by atoms with van der Waals surface area (Å²) in [6.07, 6.45) is 10.3. The minimum absolute atomic E-state index is 0. The van der Waals surface area contributed by atoms with Gasteiger partial charge in [-0.3, -0.25) is 9.98 Å². The maximum Gasteiger partial charge on any atom is 0.0646 e. The van der Waals surface area contributed by atoms with Crippen LogP contribution in [0.15, 0.2) is 58.5 Å². The fourth-order valence-electron chi connectivity index (χ4n) is 3.68. The zero-order valence-corrected chi connectivity index (χ0v) is 22.2. The van der Waals surface area contributed by atoms with Crippen molar-refractivity contribution in [3.63, 3.8) is 0 Å². The van der Waals surface area contributed by atoms with E-state index in [4.69, 9.17) is 9.98 Å². The average molecular weight is 497 g/mol. The van der Waals surface area contributed by atoms with Gasteiger partial charge in [0.1, 0.15) is 0 Å². The van der Waals surface area contributed by atoms with Crippen molar-refractivity contribution in [3.05, 3.63) is 59.7 Å². The largest absolute Gasteiger partial charge is 0.252 e. The number of hydrogen-bond acceptors (Lipinski definition) is 2. The van der Waals surface area contributed by atoms with Gasteiger partial charge in [-0.2, -0.15) is 0 Å². The van der Waals surface area contributed by atoms with Crippen LogP contribution in [0.5, 0.6) is 0 Å². The Hall–Kier alpha value is -2.61. The maximum absolute atomic E-state index is 5.12. The molecule has 0 unspecified atom stereocenters. The van der Waals surface area contributed by atoms with Crippen LogP contribution in [0.25, 0.3) is 0 Å². The molecule has 0 N–H and O–H groups in total. The van der Waals surface area contributed by atoms with E-state index < -0.39 is 0 Å². The van der Waals surface area contributed by atoms with Crippen LogP contribution in [0.2, 0.25) is 0 Å². The molecular weight excluding hydrogens is 459 g/mol. The molecule has 0 aliphatic heterocycles. The van der Waals surface area contributed by atoms with Crippen molar-refractivity contribution in [2.75, 3.05) is 0 Å². The van der Waals surface area contributed by atoms with Gasteiger partial charge in [0.15, 0.2) is 0 Å². The first-order valence-electron chi connectivity index (χ1n) is 12.4. The predicted molar refractivity (Wildman–Crippen MR) is 145 cm³/mol. The molecule has 0 heterocycles. The first kappa shape index (κ1) is 29.4. The Kier molecular flexibility index (Phi) is 15.4. The zero-order valence-electron chi connectivity index (χ0n) is 21.2. The van der Waals surface area contributed by atoms with E-state index in [2.05, 4.69) is 61.8 Å². The summed E-state index contributed by atoms with van der Waals surface area (Å²) < 4.78 is 0. The zero-order chi connectivity index (χ0) is 23.7. The molecule has 0 saturated carbocycles. The molecular formula is C31H38N2Ni. The van der Waals surface area contributed by atoms with Gasteiger partial charge in [-0.05, 0) is 75.9 Å². The quantitative estimate of drug-likeness (QED) is 0.121. The standard InChI is InChI=1S/C31H38N2.Ni/c1-5-9-11-12-13-23-31(33-29-21-15-19-27(25-29)17-8-4)30(22-10-6-2)32-28-20-14-18-26(24-28)16-7-3;/h14-15,18-21,24-25H,5-6,9-13,22-23H2,1-4H3;. The first-order chi connectivity index (χ1) is 16.2. The van der Waals surface area contributed by atoms with Crippen molar-refractivity contribution in [1.29, 1.82) is 0 Å². The van der Waals surface area contributed by atoms with Gasteiger partial charge in [0, 0.05) is 27.6 Å². The van der Waals surface area contributed by atoms with E-state index in [1.54, 1.807) is 0 Å². The van der Waals surface area contributed by atoms with Gasteiger partial charge >= 0.3 is 0 Å². The third-order valence-electron chi connectivity index (χ3n) is 5.38. The number of rotatable bonds is 12. The number of nitrogens with zero attached hydrogens (tertiary/aromatic N) is 2. The minimum Gasteiger partial charge on any atom is -0.252 e. The van der Waals surface area contributed by atoms with E-state index in [1.165, 1.54) is 25.7 Å². The molecule has 34 heavy (non-hydrogen) atoms. The van der Waals surface area contributed by atoms with Gasteiger partial charge in [-0.1, -0.05) is 69.9 Å². The molecule has 0 aromatic heterocycles. The Balaban J connectivity index is 0.00000578. The van der Waals surface area contributed by atoms with Gasteiger partial charge in [-0.25, -0.2) is 0 Å². The van der Waals surface area contributed by atoms with Gasteiger partial charge in [-0.15, -0.1) is 11.8 Å². The van der Waals surface area contributed by atoms with Gasteiger partial charge < -0.3 is 0 Å². The summed E-state index contributed by atoms with van der Waals surface area (Å²) in [5.41, 5.74) is 6.10. The van der Waals surface area contributed by atoms with Crippen LogP contribution < -0.4 is 0 Å². The normalized spacial score (nSPS) is 11.1. The Morgan fingerprint density at radius 3 is 1.59 bits per heavy atom. The molecule has 2 aromatic carbocycles. The molecule has 0 radical (unpaired) electrons. The summed E-state index contributed by atoms with van der Waals surface area (Å²) in [5, 5.41) is 0. The van der Waals surface area contributed by atoms with Crippen LogP contribution in [-0.2, 0) is 16.5 Å². The van der Waals surface area contributed by atoms with Crippen molar-refractivity contribution < 1.29 is 16.5 Å². The molecule has 2 rings (SSSR count). The van der Waals surface area contributed by atoms with Crippen LogP contribution in [0.3, 0.4) is 0 Å². The summed E-state index contributed by atoms with van der Waals surface area (Å²) >= 11 is 0. The molecule has 0 fully saturated rings. The molecule has 0 amide bonds. The van der Waals surface area contributed by atoms with Crippen LogP contribution >= 0.6 is 0 Å². The van der Waals surface area contributed by atoms with Crippen LogP contribution in [0, 0.1) is 23.7 Å². The number of unbranched alkanes of at least 4 members (excludes halogenated alkanes) is 5. The SMILES string of the molecule is CC#Cc1cccc(N=C(CCCC)C(CCCCCCC)=Nc2cccc(C#CC)c2)c1.[Ni]. The molecule has 0 bridgehead atoms. The summed E-state index contributed by atoms with van der Waals surface area (Å²) in [4.78, 5) is 10.2. The van der Waals surface area contributed by atoms with E-state index in [1.807, 2.05) is 38.1 Å². The number of hydrogen-bond donors (Lipinski definition) is 0. The summed E-state index contributed by atoms with van der Waals surface area (Å²) in [5.74, 6) is 12.3. The summed E-state index contributed by atoms with van der Waals surface area (Å²) in [7, 11) is 0. The Morgan fingerprint density at radius 1 is 0.647 bits per heavy atom. The van der Waals surface area contributed by atoms with E-state index in [9.17, 15) is 0 Å². The molecule has 0 aliphatic carbocycles. The van der Waals surface area contributed by atoms with E-state index in [-0.39, 0.29) is 16.5 Å². The van der Waals surface area contributed by atoms with Crippen molar-refractivity contribution in [3.8, 4) is 23.7 Å². The number of benzene rings is 2. The smallest absolute Gasteiger partial charge is 0.0646 e. The van der Waals surface area contributed by atoms with Crippen molar-refractivity contribution >= 4 is 22.8 Å².